The average molecular weight is 364 g/mol. The second kappa shape index (κ2) is 7.40. The van der Waals surface area contributed by atoms with Gasteiger partial charge in [-0.2, -0.15) is 0 Å². The van der Waals surface area contributed by atoms with Crippen LogP contribution in [0.25, 0.3) is 11.0 Å². The standard InChI is InChI=1S/C21H24N4O2/c1-14(21(22)26)23-13-20-24-18-11-10-17(27-16-8-3-2-4-9-16)12-19(18)25(20)15-6-5-7-15/h2-4,8-12,14-15,23H,5-7,13H2,1H3,(H2,22,26)/t14-/m0/s1. The summed E-state index contributed by atoms with van der Waals surface area (Å²) in [7, 11) is 0. The molecule has 1 heterocycles. The minimum atomic E-state index is -0.392. The molecule has 0 saturated heterocycles. The van der Waals surface area contributed by atoms with Crippen molar-refractivity contribution in [2.75, 3.05) is 0 Å². The Morgan fingerprint density at radius 3 is 2.70 bits per heavy atom. The van der Waals surface area contributed by atoms with E-state index < -0.39 is 6.04 Å². The van der Waals surface area contributed by atoms with E-state index in [4.69, 9.17) is 15.5 Å². The van der Waals surface area contributed by atoms with Gasteiger partial charge in [0.25, 0.3) is 0 Å². The van der Waals surface area contributed by atoms with Crippen LogP contribution in [0.5, 0.6) is 11.5 Å². The molecule has 1 amide bonds. The third kappa shape index (κ3) is 3.66. The molecular formula is C21H24N4O2. The largest absolute Gasteiger partial charge is 0.457 e. The van der Waals surface area contributed by atoms with Crippen LogP contribution in [0.15, 0.2) is 48.5 Å². The summed E-state index contributed by atoms with van der Waals surface area (Å²) in [5, 5.41) is 3.17. The van der Waals surface area contributed by atoms with Crippen molar-refractivity contribution in [2.45, 2.75) is 44.8 Å². The number of nitrogens with two attached hydrogens (primary N) is 1. The number of rotatable bonds is 7. The molecule has 2 aromatic carbocycles. The van der Waals surface area contributed by atoms with Gasteiger partial charge in [-0.3, -0.25) is 10.1 Å². The van der Waals surface area contributed by atoms with E-state index in [1.54, 1.807) is 6.92 Å². The molecular weight excluding hydrogens is 340 g/mol. The summed E-state index contributed by atoms with van der Waals surface area (Å²) < 4.78 is 8.28. The molecule has 3 aromatic rings. The Morgan fingerprint density at radius 2 is 2.04 bits per heavy atom. The lowest BCUT2D eigenvalue weighted by Gasteiger charge is -2.29. The highest BCUT2D eigenvalue weighted by Crippen LogP contribution is 2.37. The predicted molar refractivity (Wildman–Crippen MR) is 105 cm³/mol. The molecule has 0 unspecified atom stereocenters. The van der Waals surface area contributed by atoms with Gasteiger partial charge < -0.3 is 15.0 Å². The summed E-state index contributed by atoms with van der Waals surface area (Å²) in [4.78, 5) is 16.1. The molecule has 0 bridgehead atoms. The van der Waals surface area contributed by atoms with Crippen LogP contribution < -0.4 is 15.8 Å². The monoisotopic (exact) mass is 364 g/mol. The number of benzene rings is 2. The molecule has 27 heavy (non-hydrogen) atoms. The molecule has 6 heteroatoms. The number of ether oxygens (including phenoxy) is 1. The first kappa shape index (κ1) is 17.5. The zero-order chi connectivity index (χ0) is 18.8. The van der Waals surface area contributed by atoms with Crippen LogP contribution in [0.2, 0.25) is 0 Å². The zero-order valence-corrected chi connectivity index (χ0v) is 15.4. The van der Waals surface area contributed by atoms with Crippen molar-refractivity contribution in [3.8, 4) is 11.5 Å². The first-order chi connectivity index (χ1) is 13.1. The Bertz CT molecular complexity index is 947. The average Bonchev–Trinajstić information content (AvgIpc) is 2.97. The molecule has 3 N–H and O–H groups in total. The fourth-order valence-electron chi connectivity index (χ4n) is 3.33. The fourth-order valence-corrected chi connectivity index (χ4v) is 3.33. The molecule has 1 aliphatic rings. The lowest BCUT2D eigenvalue weighted by Crippen LogP contribution is -2.39. The molecule has 1 aromatic heterocycles. The first-order valence-corrected chi connectivity index (χ1v) is 9.38. The number of imidazole rings is 1. The number of nitrogens with zero attached hydrogens (tertiary/aromatic N) is 2. The minimum absolute atomic E-state index is 0.361. The number of para-hydroxylation sites is 1. The summed E-state index contributed by atoms with van der Waals surface area (Å²) in [6, 6.07) is 15.8. The Morgan fingerprint density at radius 1 is 1.26 bits per heavy atom. The van der Waals surface area contributed by atoms with Gasteiger partial charge in [0, 0.05) is 12.1 Å². The van der Waals surface area contributed by atoms with Crippen molar-refractivity contribution in [3.63, 3.8) is 0 Å². The van der Waals surface area contributed by atoms with Gasteiger partial charge in [-0.25, -0.2) is 4.98 Å². The minimum Gasteiger partial charge on any atom is -0.457 e. The van der Waals surface area contributed by atoms with Crippen LogP contribution >= 0.6 is 0 Å². The predicted octanol–water partition coefficient (Wildman–Crippen LogP) is 3.52. The van der Waals surface area contributed by atoms with E-state index in [0.29, 0.717) is 12.6 Å². The topological polar surface area (TPSA) is 82.2 Å². The maximum atomic E-state index is 11.3. The zero-order valence-electron chi connectivity index (χ0n) is 15.4. The summed E-state index contributed by atoms with van der Waals surface area (Å²) in [6.45, 7) is 2.27. The number of carbonyl (C=O) groups is 1. The third-order valence-corrected chi connectivity index (χ3v) is 5.15. The second-order valence-electron chi connectivity index (χ2n) is 7.05. The van der Waals surface area contributed by atoms with Crippen LogP contribution in [0.4, 0.5) is 0 Å². The molecule has 1 atom stereocenters. The van der Waals surface area contributed by atoms with Crippen molar-refractivity contribution in [1.29, 1.82) is 0 Å². The molecule has 1 fully saturated rings. The maximum absolute atomic E-state index is 11.3. The van der Waals surface area contributed by atoms with E-state index >= 15 is 0 Å². The van der Waals surface area contributed by atoms with Gasteiger partial charge in [-0.15, -0.1) is 0 Å². The summed E-state index contributed by atoms with van der Waals surface area (Å²) in [5.41, 5.74) is 7.36. The first-order valence-electron chi connectivity index (χ1n) is 9.38. The molecule has 1 aliphatic carbocycles. The summed E-state index contributed by atoms with van der Waals surface area (Å²) in [6.07, 6.45) is 3.52. The van der Waals surface area contributed by atoms with Crippen molar-refractivity contribution in [1.82, 2.24) is 14.9 Å². The highest BCUT2D eigenvalue weighted by atomic mass is 16.5. The molecule has 140 valence electrons. The number of nitrogens with one attached hydrogen (secondary N) is 1. The Kier molecular flexibility index (Phi) is 4.81. The highest BCUT2D eigenvalue weighted by Gasteiger charge is 2.25. The Labute approximate surface area is 158 Å². The number of aromatic nitrogens is 2. The lowest BCUT2D eigenvalue weighted by molar-refractivity contribution is -0.119. The Hall–Kier alpha value is -2.86. The van der Waals surface area contributed by atoms with Gasteiger partial charge in [-0.1, -0.05) is 18.2 Å². The van der Waals surface area contributed by atoms with E-state index in [-0.39, 0.29) is 5.91 Å². The van der Waals surface area contributed by atoms with Gasteiger partial charge in [0.1, 0.15) is 17.3 Å². The van der Waals surface area contributed by atoms with E-state index in [2.05, 4.69) is 16.0 Å². The lowest BCUT2D eigenvalue weighted by atomic mass is 9.92. The van der Waals surface area contributed by atoms with Crippen molar-refractivity contribution < 1.29 is 9.53 Å². The summed E-state index contributed by atoms with van der Waals surface area (Å²) >= 11 is 0. The van der Waals surface area contributed by atoms with Crippen molar-refractivity contribution in [2.24, 2.45) is 5.73 Å². The number of hydrogen-bond donors (Lipinski definition) is 2. The SMILES string of the molecule is C[C@H](NCc1nc2ccc(Oc3ccccc3)cc2n1C1CCC1)C(N)=O. The van der Waals surface area contributed by atoms with Gasteiger partial charge in [0.05, 0.1) is 23.6 Å². The number of fused-ring (bicyclic) bond motifs is 1. The fraction of sp³-hybridized carbons (Fsp3) is 0.333. The van der Waals surface area contributed by atoms with Gasteiger partial charge in [0.2, 0.25) is 5.91 Å². The van der Waals surface area contributed by atoms with Crippen molar-refractivity contribution in [3.05, 3.63) is 54.4 Å². The number of carbonyl (C=O) groups excluding carboxylic acids is 1. The molecule has 1 saturated carbocycles. The Balaban J connectivity index is 1.66. The van der Waals surface area contributed by atoms with Gasteiger partial charge in [0.15, 0.2) is 0 Å². The van der Waals surface area contributed by atoms with Crippen LogP contribution in [0.3, 0.4) is 0 Å². The summed E-state index contributed by atoms with van der Waals surface area (Å²) in [5.74, 6) is 2.17. The second-order valence-corrected chi connectivity index (χ2v) is 7.05. The molecule has 0 aliphatic heterocycles. The van der Waals surface area contributed by atoms with Crippen LogP contribution in [0, 0.1) is 0 Å². The number of hydrogen-bond acceptors (Lipinski definition) is 4. The van der Waals surface area contributed by atoms with Crippen LogP contribution in [0.1, 0.15) is 38.1 Å². The molecule has 0 spiro atoms. The van der Waals surface area contributed by atoms with Crippen molar-refractivity contribution >= 4 is 16.9 Å². The molecule has 4 rings (SSSR count). The highest BCUT2D eigenvalue weighted by molar-refractivity contribution is 5.79. The number of primary amides is 1. The smallest absolute Gasteiger partial charge is 0.234 e. The van der Waals surface area contributed by atoms with E-state index in [1.165, 1.54) is 6.42 Å². The van der Waals surface area contributed by atoms with Gasteiger partial charge in [-0.05, 0) is 50.5 Å². The van der Waals surface area contributed by atoms with E-state index in [1.807, 2.05) is 42.5 Å². The normalized spacial score (nSPS) is 15.4. The maximum Gasteiger partial charge on any atom is 0.234 e. The van der Waals surface area contributed by atoms with Crippen LogP contribution in [-0.4, -0.2) is 21.5 Å². The van der Waals surface area contributed by atoms with Gasteiger partial charge >= 0.3 is 0 Å². The quantitative estimate of drug-likeness (QED) is 0.672. The van der Waals surface area contributed by atoms with Crippen LogP contribution in [-0.2, 0) is 11.3 Å². The van der Waals surface area contributed by atoms with E-state index in [9.17, 15) is 4.79 Å². The number of amides is 1. The molecule has 6 nitrogen and oxygen atoms in total. The molecule has 0 radical (unpaired) electrons. The third-order valence-electron chi connectivity index (χ3n) is 5.15. The van der Waals surface area contributed by atoms with E-state index in [0.717, 1.165) is 41.2 Å².